The number of aryl methyl sites for hydroxylation is 1. The Morgan fingerprint density at radius 1 is 1.33 bits per heavy atom. The summed E-state index contributed by atoms with van der Waals surface area (Å²) in [5.74, 6) is 0.286. The molecule has 98 valence electrons. The quantitative estimate of drug-likeness (QED) is 0.796. The van der Waals surface area contributed by atoms with Crippen molar-refractivity contribution in [2.45, 2.75) is 11.8 Å². The number of guanidine groups is 1. The van der Waals surface area contributed by atoms with Gasteiger partial charge in [-0.05, 0) is 26.1 Å². The summed E-state index contributed by atoms with van der Waals surface area (Å²) in [6, 6.07) is 6.68. The van der Waals surface area contributed by atoms with Gasteiger partial charge >= 0.3 is 0 Å². The van der Waals surface area contributed by atoms with Crippen molar-refractivity contribution in [2.24, 2.45) is 4.99 Å². The Hall–Kier alpha value is -1.60. The van der Waals surface area contributed by atoms with Crippen LogP contribution in [0, 0.1) is 6.92 Å². The number of sulfonamides is 1. The highest BCUT2D eigenvalue weighted by Gasteiger charge is 2.17. The number of benzene rings is 1. The molecule has 7 heteroatoms. The summed E-state index contributed by atoms with van der Waals surface area (Å²) in [7, 11) is -1.67. The highest BCUT2D eigenvalue weighted by molar-refractivity contribution is 7.90. The summed E-state index contributed by atoms with van der Waals surface area (Å²) in [6.07, 6.45) is 0. The minimum atomic E-state index is -3.56. The first-order valence-corrected chi connectivity index (χ1v) is 7.02. The van der Waals surface area contributed by atoms with Crippen molar-refractivity contribution in [3.8, 4) is 0 Å². The maximum absolute atomic E-state index is 12.0. The van der Waals surface area contributed by atoms with Gasteiger partial charge in [0.15, 0.2) is 0 Å². The third-order valence-electron chi connectivity index (χ3n) is 2.55. The molecule has 0 amide bonds. The van der Waals surface area contributed by atoms with Gasteiger partial charge in [0.1, 0.15) is 0 Å². The Labute approximate surface area is 107 Å². The summed E-state index contributed by atoms with van der Waals surface area (Å²) in [6.45, 7) is 2.94. The minimum Gasteiger partial charge on any atom is -0.343 e. The van der Waals surface area contributed by atoms with Crippen LogP contribution in [0.2, 0.25) is 0 Å². The van der Waals surface area contributed by atoms with E-state index in [1.54, 1.807) is 24.3 Å². The third-order valence-corrected chi connectivity index (χ3v) is 3.90. The van der Waals surface area contributed by atoms with E-state index in [2.05, 4.69) is 15.0 Å². The minimum absolute atomic E-state index is 0.233. The van der Waals surface area contributed by atoms with E-state index < -0.39 is 10.0 Å². The molecular formula is C11H16N4O2S. The average molecular weight is 268 g/mol. The van der Waals surface area contributed by atoms with Crippen LogP contribution >= 0.6 is 0 Å². The molecule has 1 aliphatic rings. The summed E-state index contributed by atoms with van der Waals surface area (Å²) < 4.78 is 26.5. The van der Waals surface area contributed by atoms with E-state index in [0.29, 0.717) is 13.3 Å². The molecule has 0 saturated heterocycles. The van der Waals surface area contributed by atoms with Crippen molar-refractivity contribution >= 4 is 16.0 Å². The van der Waals surface area contributed by atoms with Gasteiger partial charge in [0, 0.05) is 0 Å². The average Bonchev–Trinajstić information content (AvgIpc) is 2.32. The molecule has 1 aromatic rings. The second-order valence-electron chi connectivity index (χ2n) is 4.26. The lowest BCUT2D eigenvalue weighted by atomic mass is 10.2. The third kappa shape index (κ3) is 2.99. The van der Waals surface area contributed by atoms with Crippen molar-refractivity contribution in [3.05, 3.63) is 29.8 Å². The number of rotatable bonds is 2. The van der Waals surface area contributed by atoms with Crippen LogP contribution in [-0.2, 0) is 10.0 Å². The Kier molecular flexibility index (Phi) is 3.53. The number of hydrogen-bond acceptors (Lipinski definition) is 5. The van der Waals surface area contributed by atoms with Crippen LogP contribution in [0.15, 0.2) is 34.2 Å². The first-order valence-electron chi connectivity index (χ1n) is 5.54. The molecule has 1 heterocycles. The van der Waals surface area contributed by atoms with E-state index in [-0.39, 0.29) is 10.9 Å². The number of hydrogen-bond donors (Lipinski definition) is 2. The lowest BCUT2D eigenvalue weighted by Gasteiger charge is -2.23. The predicted molar refractivity (Wildman–Crippen MR) is 69.6 cm³/mol. The van der Waals surface area contributed by atoms with Crippen LogP contribution < -0.4 is 10.0 Å². The number of nitrogens with one attached hydrogen (secondary N) is 2. The van der Waals surface area contributed by atoms with E-state index in [9.17, 15) is 8.42 Å². The van der Waals surface area contributed by atoms with Crippen LogP contribution in [0.1, 0.15) is 5.56 Å². The first-order chi connectivity index (χ1) is 8.47. The molecule has 0 radical (unpaired) electrons. The second kappa shape index (κ2) is 4.95. The van der Waals surface area contributed by atoms with E-state index in [0.717, 1.165) is 5.56 Å². The lowest BCUT2D eigenvalue weighted by Crippen LogP contribution is -2.48. The van der Waals surface area contributed by atoms with E-state index in [1.807, 2.05) is 18.9 Å². The molecule has 0 aliphatic carbocycles. The van der Waals surface area contributed by atoms with Crippen LogP contribution in [0.25, 0.3) is 0 Å². The molecule has 0 bridgehead atoms. The molecule has 0 atom stereocenters. The lowest BCUT2D eigenvalue weighted by molar-refractivity contribution is 0.322. The fraction of sp³-hybridized carbons (Fsp3) is 0.364. The smallest absolute Gasteiger partial charge is 0.264 e. The number of aliphatic imine (C=N–C) groups is 1. The van der Waals surface area contributed by atoms with Crippen molar-refractivity contribution < 1.29 is 8.42 Å². The normalized spacial score (nSPS) is 16.9. The fourth-order valence-corrected chi connectivity index (χ4v) is 2.48. The van der Waals surface area contributed by atoms with E-state index in [1.165, 1.54) is 0 Å². The SMILES string of the molecule is Cc1ccc(S(=O)(=O)NC2=NCN(C)CN2)cc1. The van der Waals surface area contributed by atoms with Gasteiger partial charge in [0.25, 0.3) is 10.0 Å². The van der Waals surface area contributed by atoms with Gasteiger partial charge in [-0.3, -0.25) is 4.90 Å². The monoisotopic (exact) mass is 268 g/mol. The second-order valence-corrected chi connectivity index (χ2v) is 5.94. The topological polar surface area (TPSA) is 73.8 Å². The molecule has 18 heavy (non-hydrogen) atoms. The van der Waals surface area contributed by atoms with Crippen LogP contribution in [0.5, 0.6) is 0 Å². The molecule has 0 fully saturated rings. The Morgan fingerprint density at radius 2 is 2.00 bits per heavy atom. The summed E-state index contributed by atoms with van der Waals surface area (Å²) in [4.78, 5) is 6.23. The molecule has 1 aromatic carbocycles. The largest absolute Gasteiger partial charge is 0.343 e. The zero-order valence-electron chi connectivity index (χ0n) is 10.3. The number of nitrogens with zero attached hydrogens (tertiary/aromatic N) is 2. The summed E-state index contributed by atoms with van der Waals surface area (Å²) in [5.41, 5.74) is 1.02. The van der Waals surface area contributed by atoms with Crippen molar-refractivity contribution in [1.29, 1.82) is 0 Å². The van der Waals surface area contributed by atoms with Gasteiger partial charge in [0.2, 0.25) is 5.96 Å². The predicted octanol–water partition coefficient (Wildman–Crippen LogP) is 0.0793. The molecule has 2 N–H and O–H groups in total. The van der Waals surface area contributed by atoms with Crippen molar-refractivity contribution in [2.75, 3.05) is 20.4 Å². The van der Waals surface area contributed by atoms with E-state index in [4.69, 9.17) is 0 Å². The van der Waals surface area contributed by atoms with E-state index >= 15 is 0 Å². The van der Waals surface area contributed by atoms with Gasteiger partial charge in [-0.2, -0.15) is 0 Å². The summed E-state index contributed by atoms with van der Waals surface area (Å²) in [5, 5.41) is 2.89. The van der Waals surface area contributed by atoms with Gasteiger partial charge in [-0.25, -0.2) is 18.1 Å². The highest BCUT2D eigenvalue weighted by Crippen LogP contribution is 2.09. The first kappa shape index (κ1) is 12.8. The Balaban J connectivity index is 2.15. The maximum atomic E-state index is 12.0. The van der Waals surface area contributed by atoms with Gasteiger partial charge < -0.3 is 5.32 Å². The van der Waals surface area contributed by atoms with Crippen LogP contribution in [-0.4, -0.2) is 39.7 Å². The van der Waals surface area contributed by atoms with Gasteiger partial charge in [-0.15, -0.1) is 0 Å². The molecule has 0 unspecified atom stereocenters. The zero-order chi connectivity index (χ0) is 13.2. The molecule has 2 rings (SSSR count). The highest BCUT2D eigenvalue weighted by atomic mass is 32.2. The van der Waals surface area contributed by atoms with Crippen LogP contribution in [0.3, 0.4) is 0 Å². The maximum Gasteiger partial charge on any atom is 0.264 e. The molecular weight excluding hydrogens is 252 g/mol. The molecule has 0 spiro atoms. The van der Waals surface area contributed by atoms with Gasteiger partial charge in [-0.1, -0.05) is 17.7 Å². The standard InChI is InChI=1S/C11H16N4O2S/c1-9-3-5-10(6-4-9)18(16,17)14-11-12-7-15(2)8-13-11/h3-6H,7-8H2,1-2H3,(H2,12,13,14). The van der Waals surface area contributed by atoms with Crippen LogP contribution in [0.4, 0.5) is 0 Å². The summed E-state index contributed by atoms with van der Waals surface area (Å²) >= 11 is 0. The molecule has 0 aromatic heterocycles. The Bertz CT molecular complexity index is 551. The Morgan fingerprint density at radius 3 is 2.56 bits per heavy atom. The zero-order valence-corrected chi connectivity index (χ0v) is 11.2. The van der Waals surface area contributed by atoms with Crippen molar-refractivity contribution in [1.82, 2.24) is 14.9 Å². The van der Waals surface area contributed by atoms with Gasteiger partial charge in [0.05, 0.1) is 18.2 Å². The molecule has 1 aliphatic heterocycles. The fourth-order valence-electron chi connectivity index (χ4n) is 1.48. The molecule has 0 saturated carbocycles. The molecule has 6 nitrogen and oxygen atoms in total. The van der Waals surface area contributed by atoms with Crippen molar-refractivity contribution in [3.63, 3.8) is 0 Å².